The van der Waals surface area contributed by atoms with Crippen LogP contribution in [0.2, 0.25) is 0 Å². The number of thiocarbonyl (C=S) groups is 1. The maximum absolute atomic E-state index is 12.4. The molecule has 0 aliphatic carbocycles. The minimum Gasteiger partial charge on any atom is -0.465 e. The number of hydrogen-bond acceptors (Lipinski definition) is 5. The van der Waals surface area contributed by atoms with E-state index in [4.69, 9.17) is 21.4 Å². The van der Waals surface area contributed by atoms with Gasteiger partial charge in [0.25, 0.3) is 5.91 Å². The second-order valence-electron chi connectivity index (χ2n) is 4.65. The van der Waals surface area contributed by atoms with E-state index in [-0.39, 0.29) is 5.91 Å². The zero-order chi connectivity index (χ0) is 13.9. The fourth-order valence-electron chi connectivity index (χ4n) is 2.18. The summed E-state index contributed by atoms with van der Waals surface area (Å²) in [6.07, 6.45) is 3.33. The molecule has 2 aliphatic rings. The maximum atomic E-state index is 12.4. The number of nitrogens with one attached hydrogen (secondary N) is 1. The summed E-state index contributed by atoms with van der Waals surface area (Å²) in [5, 5.41) is 0. The number of nitrogens with zero attached hydrogens (tertiary/aromatic N) is 1. The van der Waals surface area contributed by atoms with E-state index < -0.39 is 0 Å². The van der Waals surface area contributed by atoms with Crippen molar-refractivity contribution in [3.8, 4) is 0 Å². The fourth-order valence-corrected chi connectivity index (χ4v) is 3.42. The molecule has 0 saturated carbocycles. The van der Waals surface area contributed by atoms with E-state index in [0.29, 0.717) is 21.7 Å². The van der Waals surface area contributed by atoms with Crippen LogP contribution in [0.1, 0.15) is 5.76 Å². The molecule has 2 fully saturated rings. The molecule has 7 heteroatoms. The second kappa shape index (κ2) is 6.09. The average Bonchev–Trinajstić information content (AvgIpc) is 3.05. The number of rotatable bonds is 3. The minimum absolute atomic E-state index is 0.0320. The van der Waals surface area contributed by atoms with Gasteiger partial charge in [0.05, 0.1) is 24.4 Å². The van der Waals surface area contributed by atoms with Gasteiger partial charge in [-0.3, -0.25) is 4.79 Å². The standard InChI is InChI=1S/C13H14N2O3S2/c16-12-11(8-10-2-1-5-18-10)20-13(19)15(12)9-14-3-6-17-7-4-14/h1-2,5,8H,3-4,6-7,9H2/p+1/b11-8-. The van der Waals surface area contributed by atoms with Crippen molar-refractivity contribution in [2.75, 3.05) is 33.0 Å². The molecule has 20 heavy (non-hydrogen) atoms. The molecule has 2 saturated heterocycles. The number of morpholine rings is 1. The van der Waals surface area contributed by atoms with Gasteiger partial charge in [0.15, 0.2) is 11.0 Å². The van der Waals surface area contributed by atoms with Crippen molar-refractivity contribution in [3.63, 3.8) is 0 Å². The van der Waals surface area contributed by atoms with E-state index in [1.807, 2.05) is 6.07 Å². The van der Waals surface area contributed by atoms with Crippen molar-refractivity contribution >= 4 is 40.3 Å². The van der Waals surface area contributed by atoms with Gasteiger partial charge in [-0.25, -0.2) is 4.90 Å². The van der Waals surface area contributed by atoms with Crippen molar-refractivity contribution in [3.05, 3.63) is 29.1 Å². The Kier molecular flexibility index (Phi) is 4.21. The third kappa shape index (κ3) is 2.95. The van der Waals surface area contributed by atoms with Crippen molar-refractivity contribution in [2.24, 2.45) is 0 Å². The predicted molar refractivity (Wildman–Crippen MR) is 80.1 cm³/mol. The number of thioether (sulfide) groups is 1. The molecule has 0 spiro atoms. The molecule has 0 radical (unpaired) electrons. The highest BCUT2D eigenvalue weighted by atomic mass is 32.2. The first-order valence-electron chi connectivity index (χ1n) is 6.44. The molecule has 3 heterocycles. The Hall–Kier alpha value is -1.15. The molecule has 0 aromatic carbocycles. The Balaban J connectivity index is 1.70. The number of carbonyl (C=O) groups excluding carboxylic acids is 1. The maximum Gasteiger partial charge on any atom is 0.270 e. The van der Waals surface area contributed by atoms with Crippen molar-refractivity contribution in [1.82, 2.24) is 4.90 Å². The number of hydrogen-bond donors (Lipinski definition) is 1. The number of carbonyl (C=O) groups is 1. The van der Waals surface area contributed by atoms with Crippen molar-refractivity contribution in [2.45, 2.75) is 0 Å². The third-order valence-electron chi connectivity index (χ3n) is 3.27. The molecule has 2 aliphatic heterocycles. The average molecular weight is 311 g/mol. The molecule has 5 nitrogen and oxygen atoms in total. The molecular weight excluding hydrogens is 296 g/mol. The van der Waals surface area contributed by atoms with Crippen molar-refractivity contribution < 1.29 is 18.8 Å². The van der Waals surface area contributed by atoms with Gasteiger partial charge in [-0.05, 0) is 12.1 Å². The molecule has 3 rings (SSSR count). The Morgan fingerprint density at radius 2 is 2.25 bits per heavy atom. The Labute approximate surface area is 126 Å². The second-order valence-corrected chi connectivity index (χ2v) is 6.32. The zero-order valence-electron chi connectivity index (χ0n) is 10.8. The van der Waals surface area contributed by atoms with Crippen LogP contribution in [0, 0.1) is 0 Å². The van der Waals surface area contributed by atoms with Gasteiger partial charge >= 0.3 is 0 Å². The number of quaternary nitrogens is 1. The molecule has 106 valence electrons. The number of ether oxygens (including phenoxy) is 1. The largest absolute Gasteiger partial charge is 0.465 e. The predicted octanol–water partition coefficient (Wildman–Crippen LogP) is 0.353. The molecule has 0 unspecified atom stereocenters. The summed E-state index contributed by atoms with van der Waals surface area (Å²) in [4.78, 5) is 16.0. The van der Waals surface area contributed by atoms with Crippen LogP contribution in [-0.4, -0.2) is 48.1 Å². The molecule has 1 aromatic rings. The van der Waals surface area contributed by atoms with E-state index >= 15 is 0 Å². The van der Waals surface area contributed by atoms with Gasteiger partial charge in [-0.2, -0.15) is 0 Å². The van der Waals surface area contributed by atoms with E-state index in [9.17, 15) is 4.79 Å². The Morgan fingerprint density at radius 1 is 1.45 bits per heavy atom. The molecular formula is C13H15N2O3S2+. The SMILES string of the molecule is O=C1/C(=C/c2ccco2)SC(=S)N1C[NH+]1CCOCC1. The first-order valence-corrected chi connectivity index (χ1v) is 7.67. The topological polar surface area (TPSA) is 47.1 Å². The molecule has 1 N–H and O–H groups in total. The highest BCUT2D eigenvalue weighted by molar-refractivity contribution is 8.26. The Morgan fingerprint density at radius 3 is 2.95 bits per heavy atom. The lowest BCUT2D eigenvalue weighted by molar-refractivity contribution is -0.914. The van der Waals surface area contributed by atoms with Gasteiger partial charge < -0.3 is 14.1 Å². The molecule has 0 atom stereocenters. The van der Waals surface area contributed by atoms with Crippen molar-refractivity contribution in [1.29, 1.82) is 0 Å². The zero-order valence-corrected chi connectivity index (χ0v) is 12.5. The van der Waals surface area contributed by atoms with Gasteiger partial charge in [0.1, 0.15) is 18.8 Å². The van der Waals surface area contributed by atoms with E-state index in [0.717, 1.165) is 26.3 Å². The van der Waals surface area contributed by atoms with Gasteiger partial charge in [-0.15, -0.1) is 0 Å². The molecule has 0 bridgehead atoms. The van der Waals surface area contributed by atoms with Crippen LogP contribution in [0.15, 0.2) is 27.7 Å². The Bertz CT molecular complexity index is 536. The summed E-state index contributed by atoms with van der Waals surface area (Å²) in [5.74, 6) is 0.639. The van der Waals surface area contributed by atoms with Gasteiger partial charge in [0, 0.05) is 6.08 Å². The monoisotopic (exact) mass is 311 g/mol. The quantitative estimate of drug-likeness (QED) is 0.645. The van der Waals surface area contributed by atoms with Crippen LogP contribution < -0.4 is 4.90 Å². The van der Waals surface area contributed by atoms with E-state index in [1.165, 1.54) is 16.7 Å². The lowest BCUT2D eigenvalue weighted by atomic mass is 10.3. The van der Waals surface area contributed by atoms with Gasteiger partial charge in [0.2, 0.25) is 0 Å². The smallest absolute Gasteiger partial charge is 0.270 e. The molecule has 1 aromatic heterocycles. The number of furan rings is 1. The summed E-state index contributed by atoms with van der Waals surface area (Å²) < 4.78 is 11.2. The summed E-state index contributed by atoms with van der Waals surface area (Å²) in [6.45, 7) is 3.92. The van der Waals surface area contributed by atoms with Crippen LogP contribution in [0.5, 0.6) is 0 Å². The van der Waals surface area contributed by atoms with Crippen LogP contribution in [0.3, 0.4) is 0 Å². The molecule has 1 amide bonds. The number of amides is 1. The van der Waals surface area contributed by atoms with Crippen LogP contribution in [-0.2, 0) is 9.53 Å². The minimum atomic E-state index is -0.0320. The summed E-state index contributed by atoms with van der Waals surface area (Å²) >= 11 is 6.64. The van der Waals surface area contributed by atoms with Crippen LogP contribution in [0.25, 0.3) is 6.08 Å². The van der Waals surface area contributed by atoms with Crippen LogP contribution >= 0.6 is 24.0 Å². The van der Waals surface area contributed by atoms with E-state index in [2.05, 4.69) is 0 Å². The van der Waals surface area contributed by atoms with Crippen LogP contribution in [0.4, 0.5) is 0 Å². The first-order chi connectivity index (χ1) is 9.74. The highest BCUT2D eigenvalue weighted by Gasteiger charge is 2.35. The normalized spacial score (nSPS) is 23.0. The highest BCUT2D eigenvalue weighted by Crippen LogP contribution is 2.31. The summed E-state index contributed by atoms with van der Waals surface area (Å²) in [7, 11) is 0. The first kappa shape index (κ1) is 13.8. The fraction of sp³-hybridized carbons (Fsp3) is 0.385. The van der Waals surface area contributed by atoms with Gasteiger partial charge in [-0.1, -0.05) is 24.0 Å². The lowest BCUT2D eigenvalue weighted by Crippen LogP contribution is -3.15. The summed E-state index contributed by atoms with van der Waals surface area (Å²) in [5.41, 5.74) is 0. The summed E-state index contributed by atoms with van der Waals surface area (Å²) in [6, 6.07) is 3.62. The van der Waals surface area contributed by atoms with E-state index in [1.54, 1.807) is 23.3 Å². The lowest BCUT2D eigenvalue weighted by Gasteiger charge is -2.27. The third-order valence-corrected chi connectivity index (χ3v) is 4.65.